The molecule has 0 spiro atoms. The van der Waals surface area contributed by atoms with Crippen molar-refractivity contribution < 1.29 is 22.4 Å². The number of amides is 1. The summed E-state index contributed by atoms with van der Waals surface area (Å²) in [6, 6.07) is -0.216. The molecule has 2 rings (SSSR count). The first kappa shape index (κ1) is 15.8. The lowest BCUT2D eigenvalue weighted by Crippen LogP contribution is -2.36. The zero-order valence-corrected chi connectivity index (χ0v) is 11.7. The summed E-state index contributed by atoms with van der Waals surface area (Å²) in [5.74, 6) is -7.44. The zero-order chi connectivity index (χ0) is 15.6. The maximum absolute atomic E-state index is 13.7. The molecule has 1 aromatic rings. The Morgan fingerprint density at radius 3 is 1.86 bits per heavy atom. The molecule has 0 saturated heterocycles. The van der Waals surface area contributed by atoms with Crippen molar-refractivity contribution >= 4 is 5.91 Å². The third-order valence-electron chi connectivity index (χ3n) is 3.90. The smallest absolute Gasteiger partial charge is 0.257 e. The summed E-state index contributed by atoms with van der Waals surface area (Å²) in [7, 11) is 0. The summed E-state index contributed by atoms with van der Waals surface area (Å²) in [5.41, 5.74) is -1.95. The highest BCUT2D eigenvalue weighted by Gasteiger charge is 2.28. The number of halogens is 4. The number of carbonyl (C=O) groups excluding carboxylic acids is 1. The summed E-state index contributed by atoms with van der Waals surface area (Å²) < 4.78 is 54.4. The van der Waals surface area contributed by atoms with Gasteiger partial charge in [-0.3, -0.25) is 4.79 Å². The van der Waals surface area contributed by atoms with Crippen molar-refractivity contribution in [2.45, 2.75) is 51.5 Å². The predicted octanol–water partition coefficient (Wildman–Crippen LogP) is 4.00. The van der Waals surface area contributed by atoms with Crippen LogP contribution in [0.3, 0.4) is 0 Å². The van der Waals surface area contributed by atoms with Crippen LogP contribution in [0.1, 0.15) is 54.4 Å². The molecule has 1 saturated carbocycles. The minimum absolute atomic E-state index is 0.216. The largest absolute Gasteiger partial charge is 0.349 e. The van der Waals surface area contributed by atoms with Gasteiger partial charge in [0.1, 0.15) is 5.56 Å². The average Bonchev–Trinajstić information content (AvgIpc) is 2.72. The molecule has 0 bridgehead atoms. The minimum Gasteiger partial charge on any atom is -0.349 e. The fourth-order valence-corrected chi connectivity index (χ4v) is 2.62. The van der Waals surface area contributed by atoms with E-state index in [0.29, 0.717) is 12.8 Å². The van der Waals surface area contributed by atoms with E-state index in [2.05, 4.69) is 5.32 Å². The quantitative estimate of drug-likeness (QED) is 0.499. The first-order valence-electron chi connectivity index (χ1n) is 7.07. The van der Waals surface area contributed by atoms with Gasteiger partial charge in [-0.15, -0.1) is 0 Å². The van der Waals surface area contributed by atoms with E-state index in [0.717, 1.165) is 32.6 Å². The highest BCUT2D eigenvalue weighted by molar-refractivity contribution is 5.95. The number of hydrogen-bond acceptors (Lipinski definition) is 1. The van der Waals surface area contributed by atoms with Gasteiger partial charge in [-0.2, -0.15) is 0 Å². The molecule has 0 aliphatic heterocycles. The monoisotopic (exact) mass is 303 g/mol. The Kier molecular flexibility index (Phi) is 4.85. The summed E-state index contributed by atoms with van der Waals surface area (Å²) in [6.07, 6.45) is 5.31. The molecular weight excluding hydrogens is 286 g/mol. The fraction of sp³-hybridized carbons (Fsp3) is 0.533. The number of hydrogen-bond donors (Lipinski definition) is 1. The van der Waals surface area contributed by atoms with Crippen molar-refractivity contribution in [1.82, 2.24) is 5.32 Å². The molecule has 0 heterocycles. The molecule has 1 N–H and O–H groups in total. The number of benzene rings is 1. The van der Waals surface area contributed by atoms with Gasteiger partial charge in [0.2, 0.25) is 0 Å². The van der Waals surface area contributed by atoms with Crippen LogP contribution in [0.15, 0.2) is 0 Å². The van der Waals surface area contributed by atoms with Crippen LogP contribution in [-0.4, -0.2) is 11.9 Å². The van der Waals surface area contributed by atoms with E-state index in [-0.39, 0.29) is 6.04 Å². The van der Waals surface area contributed by atoms with E-state index >= 15 is 0 Å². The Labute approximate surface area is 120 Å². The van der Waals surface area contributed by atoms with E-state index < -0.39 is 40.3 Å². The second-order valence-corrected chi connectivity index (χ2v) is 5.42. The van der Waals surface area contributed by atoms with Gasteiger partial charge in [-0.05, 0) is 19.8 Å². The van der Waals surface area contributed by atoms with Gasteiger partial charge in [0.25, 0.3) is 5.91 Å². The summed E-state index contributed by atoms with van der Waals surface area (Å²) >= 11 is 0. The van der Waals surface area contributed by atoms with Crippen LogP contribution >= 0.6 is 0 Å². The standard InChI is InChI=1S/C15H17F4NO/c1-8-11(16)13(18)10(14(19)12(8)17)15(21)20-9-6-4-2-3-5-7-9/h9H,2-7H2,1H3,(H,20,21). The van der Waals surface area contributed by atoms with Crippen molar-refractivity contribution in [2.24, 2.45) is 0 Å². The molecule has 0 radical (unpaired) electrons. The minimum atomic E-state index is -1.64. The van der Waals surface area contributed by atoms with Gasteiger partial charge in [0.15, 0.2) is 23.3 Å². The molecule has 1 aliphatic carbocycles. The van der Waals surface area contributed by atoms with Crippen LogP contribution in [0.25, 0.3) is 0 Å². The molecule has 1 fully saturated rings. The molecule has 2 nitrogen and oxygen atoms in total. The lowest BCUT2D eigenvalue weighted by Gasteiger charge is -2.17. The normalized spacial score (nSPS) is 16.6. The van der Waals surface area contributed by atoms with Crippen molar-refractivity contribution in [3.8, 4) is 0 Å². The van der Waals surface area contributed by atoms with Gasteiger partial charge < -0.3 is 5.32 Å². The Bertz CT molecular complexity index is 522. The summed E-state index contributed by atoms with van der Waals surface area (Å²) in [4.78, 5) is 12.0. The molecule has 0 atom stereocenters. The predicted molar refractivity (Wildman–Crippen MR) is 70.0 cm³/mol. The first-order valence-corrected chi connectivity index (χ1v) is 7.07. The second-order valence-electron chi connectivity index (χ2n) is 5.42. The van der Waals surface area contributed by atoms with Gasteiger partial charge in [-0.1, -0.05) is 25.7 Å². The van der Waals surface area contributed by atoms with Crippen molar-refractivity contribution in [2.75, 3.05) is 0 Å². The maximum atomic E-state index is 13.7. The lowest BCUT2D eigenvalue weighted by molar-refractivity contribution is 0.0922. The van der Waals surface area contributed by atoms with Gasteiger partial charge in [0.05, 0.1) is 0 Å². The lowest BCUT2D eigenvalue weighted by atomic mass is 10.1. The van der Waals surface area contributed by atoms with Crippen LogP contribution < -0.4 is 5.32 Å². The van der Waals surface area contributed by atoms with Crippen LogP contribution in [0, 0.1) is 30.2 Å². The highest BCUT2D eigenvalue weighted by Crippen LogP contribution is 2.24. The van der Waals surface area contributed by atoms with Crippen molar-refractivity contribution in [1.29, 1.82) is 0 Å². The maximum Gasteiger partial charge on any atom is 0.257 e. The zero-order valence-electron chi connectivity index (χ0n) is 11.7. The Morgan fingerprint density at radius 2 is 1.38 bits per heavy atom. The molecule has 6 heteroatoms. The topological polar surface area (TPSA) is 29.1 Å². The van der Waals surface area contributed by atoms with E-state index in [9.17, 15) is 22.4 Å². The molecule has 1 aromatic carbocycles. The number of carbonyl (C=O) groups is 1. The average molecular weight is 303 g/mol. The van der Waals surface area contributed by atoms with Gasteiger partial charge in [0, 0.05) is 11.6 Å². The fourth-order valence-electron chi connectivity index (χ4n) is 2.62. The second kappa shape index (κ2) is 6.45. The van der Waals surface area contributed by atoms with E-state index in [4.69, 9.17) is 0 Å². The van der Waals surface area contributed by atoms with Crippen LogP contribution in [-0.2, 0) is 0 Å². The first-order chi connectivity index (χ1) is 9.93. The van der Waals surface area contributed by atoms with Crippen molar-refractivity contribution in [3.05, 3.63) is 34.4 Å². The van der Waals surface area contributed by atoms with Crippen LogP contribution in [0.5, 0.6) is 0 Å². The number of rotatable bonds is 2. The van der Waals surface area contributed by atoms with Crippen LogP contribution in [0.4, 0.5) is 17.6 Å². The molecule has 1 amide bonds. The van der Waals surface area contributed by atoms with Crippen molar-refractivity contribution in [3.63, 3.8) is 0 Å². The molecule has 1 aliphatic rings. The third-order valence-corrected chi connectivity index (χ3v) is 3.90. The third kappa shape index (κ3) is 3.19. The van der Waals surface area contributed by atoms with E-state index in [1.165, 1.54) is 0 Å². The molecule has 0 unspecified atom stereocenters. The summed E-state index contributed by atoms with van der Waals surface area (Å²) in [6.45, 7) is 0.920. The Morgan fingerprint density at radius 1 is 0.905 bits per heavy atom. The molecule has 21 heavy (non-hydrogen) atoms. The molecular formula is C15H17F4NO. The van der Waals surface area contributed by atoms with E-state index in [1.54, 1.807) is 0 Å². The SMILES string of the molecule is Cc1c(F)c(F)c(C(=O)NC2CCCCCC2)c(F)c1F. The molecule has 116 valence electrons. The summed E-state index contributed by atoms with van der Waals surface area (Å²) in [5, 5.41) is 2.48. The van der Waals surface area contributed by atoms with Gasteiger partial charge >= 0.3 is 0 Å². The Hall–Kier alpha value is -1.59. The Balaban J connectivity index is 2.27. The molecule has 0 aromatic heterocycles. The number of nitrogens with one attached hydrogen (secondary N) is 1. The highest BCUT2D eigenvalue weighted by atomic mass is 19.2. The van der Waals surface area contributed by atoms with Gasteiger partial charge in [-0.25, -0.2) is 17.6 Å². The van der Waals surface area contributed by atoms with Crippen LogP contribution in [0.2, 0.25) is 0 Å². The van der Waals surface area contributed by atoms with E-state index in [1.807, 2.05) is 0 Å².